The highest BCUT2D eigenvalue weighted by Crippen LogP contribution is 2.20. The number of pyridine rings is 1. The molecule has 21 heavy (non-hydrogen) atoms. The lowest BCUT2D eigenvalue weighted by Crippen LogP contribution is -2.49. The molecule has 1 aromatic heterocycles. The summed E-state index contributed by atoms with van der Waals surface area (Å²) >= 11 is 0. The Bertz CT molecular complexity index is 387. The van der Waals surface area contributed by atoms with Gasteiger partial charge in [0.1, 0.15) is 11.6 Å². The number of ether oxygens (including phenoxy) is 1. The van der Waals surface area contributed by atoms with Crippen LogP contribution in [0.25, 0.3) is 0 Å². The second-order valence-corrected chi connectivity index (χ2v) is 5.31. The van der Waals surface area contributed by atoms with Crippen LogP contribution in [-0.2, 0) is 0 Å². The first kappa shape index (κ1) is 17.8. The van der Waals surface area contributed by atoms with Crippen LogP contribution in [0.3, 0.4) is 0 Å². The van der Waals surface area contributed by atoms with Gasteiger partial charge in [-0.15, -0.1) is 0 Å². The lowest BCUT2D eigenvalue weighted by Gasteiger charge is -2.37. The van der Waals surface area contributed by atoms with Crippen molar-refractivity contribution in [3.8, 4) is 5.75 Å². The van der Waals surface area contributed by atoms with E-state index in [0.29, 0.717) is 6.04 Å². The van der Waals surface area contributed by atoms with Crippen molar-refractivity contribution >= 4 is 5.82 Å². The first-order valence-electron chi connectivity index (χ1n) is 8.28. The molecule has 0 atom stereocenters. The number of piperazine rings is 1. The summed E-state index contributed by atoms with van der Waals surface area (Å²) in [6.07, 6.45) is 2.87. The SMILES string of the molecule is CC.CCCOc1ccnc(N2CCN(C(C)C)CC2)c1. The maximum atomic E-state index is 5.67. The van der Waals surface area contributed by atoms with Gasteiger partial charge >= 0.3 is 0 Å². The topological polar surface area (TPSA) is 28.6 Å². The molecular formula is C17H31N3O. The van der Waals surface area contributed by atoms with E-state index in [1.807, 2.05) is 26.1 Å². The normalized spacial score (nSPS) is 15.6. The van der Waals surface area contributed by atoms with E-state index in [0.717, 1.165) is 50.8 Å². The van der Waals surface area contributed by atoms with Crippen molar-refractivity contribution < 1.29 is 4.74 Å². The first-order chi connectivity index (χ1) is 10.2. The maximum Gasteiger partial charge on any atom is 0.132 e. The summed E-state index contributed by atoms with van der Waals surface area (Å²) in [7, 11) is 0. The van der Waals surface area contributed by atoms with E-state index in [4.69, 9.17) is 4.74 Å². The number of rotatable bonds is 5. The van der Waals surface area contributed by atoms with Gasteiger partial charge in [0.15, 0.2) is 0 Å². The van der Waals surface area contributed by atoms with E-state index in [2.05, 4.69) is 41.6 Å². The molecule has 4 heteroatoms. The average Bonchev–Trinajstić information content (AvgIpc) is 2.55. The number of nitrogens with zero attached hydrogens (tertiary/aromatic N) is 3. The Labute approximate surface area is 130 Å². The Morgan fingerprint density at radius 2 is 1.86 bits per heavy atom. The molecule has 0 bridgehead atoms. The van der Waals surface area contributed by atoms with Crippen molar-refractivity contribution in [3.63, 3.8) is 0 Å². The van der Waals surface area contributed by atoms with Crippen LogP contribution < -0.4 is 9.64 Å². The summed E-state index contributed by atoms with van der Waals surface area (Å²) in [5, 5.41) is 0. The highest BCUT2D eigenvalue weighted by molar-refractivity contribution is 5.44. The van der Waals surface area contributed by atoms with Gasteiger partial charge < -0.3 is 9.64 Å². The van der Waals surface area contributed by atoms with E-state index in [9.17, 15) is 0 Å². The standard InChI is InChI=1S/C15H25N3O.C2H6/c1-4-11-19-14-5-6-16-15(12-14)18-9-7-17(8-10-18)13(2)3;1-2/h5-6,12-13H,4,7-11H2,1-3H3;1-2H3. The monoisotopic (exact) mass is 293 g/mol. The zero-order valence-electron chi connectivity index (χ0n) is 14.3. The molecule has 120 valence electrons. The fourth-order valence-corrected chi connectivity index (χ4v) is 2.35. The Balaban J connectivity index is 0.00000106. The van der Waals surface area contributed by atoms with Gasteiger partial charge in [-0.05, 0) is 26.3 Å². The molecule has 0 radical (unpaired) electrons. The molecule has 2 rings (SSSR count). The van der Waals surface area contributed by atoms with Crippen LogP contribution in [0.4, 0.5) is 5.82 Å². The molecular weight excluding hydrogens is 262 g/mol. The molecule has 1 aliphatic heterocycles. The van der Waals surface area contributed by atoms with Gasteiger partial charge in [0.05, 0.1) is 6.61 Å². The minimum Gasteiger partial charge on any atom is -0.493 e. The highest BCUT2D eigenvalue weighted by atomic mass is 16.5. The smallest absolute Gasteiger partial charge is 0.132 e. The van der Waals surface area contributed by atoms with Gasteiger partial charge in [-0.25, -0.2) is 4.98 Å². The second kappa shape index (κ2) is 9.61. The highest BCUT2D eigenvalue weighted by Gasteiger charge is 2.19. The molecule has 1 aromatic rings. The van der Waals surface area contributed by atoms with Gasteiger partial charge in [-0.1, -0.05) is 20.8 Å². The molecule has 0 spiro atoms. The summed E-state index contributed by atoms with van der Waals surface area (Å²) in [6.45, 7) is 15.7. The molecule has 0 saturated carbocycles. The van der Waals surface area contributed by atoms with Gasteiger partial charge in [-0.2, -0.15) is 0 Å². The Kier molecular flexibility index (Phi) is 8.13. The molecule has 0 unspecified atom stereocenters. The van der Waals surface area contributed by atoms with E-state index in [1.165, 1.54) is 0 Å². The van der Waals surface area contributed by atoms with Crippen molar-refractivity contribution in [1.29, 1.82) is 0 Å². The molecule has 0 aliphatic carbocycles. The first-order valence-corrected chi connectivity index (χ1v) is 8.28. The second-order valence-electron chi connectivity index (χ2n) is 5.31. The molecule has 1 saturated heterocycles. The fraction of sp³-hybridized carbons (Fsp3) is 0.706. The molecule has 0 N–H and O–H groups in total. The minimum atomic E-state index is 0.634. The molecule has 2 heterocycles. The summed E-state index contributed by atoms with van der Waals surface area (Å²) in [5.74, 6) is 1.97. The van der Waals surface area contributed by atoms with Crippen molar-refractivity contribution in [2.45, 2.75) is 47.1 Å². The fourth-order valence-electron chi connectivity index (χ4n) is 2.35. The van der Waals surface area contributed by atoms with Crippen molar-refractivity contribution in [3.05, 3.63) is 18.3 Å². The van der Waals surface area contributed by atoms with Crippen LogP contribution in [0.15, 0.2) is 18.3 Å². The Morgan fingerprint density at radius 1 is 1.19 bits per heavy atom. The summed E-state index contributed by atoms with van der Waals surface area (Å²) < 4.78 is 5.67. The zero-order valence-corrected chi connectivity index (χ0v) is 14.3. The van der Waals surface area contributed by atoms with Gasteiger partial charge in [0, 0.05) is 44.5 Å². The third-order valence-electron chi connectivity index (χ3n) is 3.56. The summed E-state index contributed by atoms with van der Waals surface area (Å²) in [5.41, 5.74) is 0. The molecule has 1 aliphatic rings. The molecule has 0 aromatic carbocycles. The van der Waals surface area contributed by atoms with Crippen molar-refractivity contribution in [1.82, 2.24) is 9.88 Å². The van der Waals surface area contributed by atoms with Gasteiger partial charge in [0.25, 0.3) is 0 Å². The van der Waals surface area contributed by atoms with Gasteiger partial charge in [-0.3, -0.25) is 4.90 Å². The molecule has 1 fully saturated rings. The number of aromatic nitrogens is 1. The lowest BCUT2D eigenvalue weighted by molar-refractivity contribution is 0.209. The maximum absolute atomic E-state index is 5.67. The molecule has 0 amide bonds. The van der Waals surface area contributed by atoms with Crippen LogP contribution >= 0.6 is 0 Å². The van der Waals surface area contributed by atoms with E-state index in [1.54, 1.807) is 0 Å². The predicted molar refractivity (Wildman–Crippen MR) is 90.3 cm³/mol. The van der Waals surface area contributed by atoms with E-state index < -0.39 is 0 Å². The summed E-state index contributed by atoms with van der Waals surface area (Å²) in [4.78, 5) is 9.32. The third kappa shape index (κ3) is 5.54. The van der Waals surface area contributed by atoms with Crippen molar-refractivity contribution in [2.24, 2.45) is 0 Å². The largest absolute Gasteiger partial charge is 0.493 e. The Morgan fingerprint density at radius 3 is 2.43 bits per heavy atom. The summed E-state index contributed by atoms with van der Waals surface area (Å²) in [6, 6.07) is 4.62. The third-order valence-corrected chi connectivity index (χ3v) is 3.56. The zero-order chi connectivity index (χ0) is 15.7. The lowest BCUT2D eigenvalue weighted by atomic mass is 10.2. The minimum absolute atomic E-state index is 0.634. The van der Waals surface area contributed by atoms with Crippen molar-refractivity contribution in [2.75, 3.05) is 37.7 Å². The van der Waals surface area contributed by atoms with Gasteiger partial charge in [0.2, 0.25) is 0 Å². The number of hydrogen-bond acceptors (Lipinski definition) is 4. The van der Waals surface area contributed by atoms with Crippen LogP contribution in [0, 0.1) is 0 Å². The van der Waals surface area contributed by atoms with Crippen LogP contribution in [-0.4, -0.2) is 48.7 Å². The Hall–Kier alpha value is -1.29. The van der Waals surface area contributed by atoms with Crippen LogP contribution in [0.1, 0.15) is 41.0 Å². The van der Waals surface area contributed by atoms with E-state index in [-0.39, 0.29) is 0 Å². The quantitative estimate of drug-likeness (QED) is 0.831. The predicted octanol–water partition coefficient (Wildman–Crippen LogP) is 3.43. The van der Waals surface area contributed by atoms with Crippen LogP contribution in [0.5, 0.6) is 5.75 Å². The average molecular weight is 293 g/mol. The van der Waals surface area contributed by atoms with Crippen LogP contribution in [0.2, 0.25) is 0 Å². The number of anilines is 1. The number of hydrogen-bond donors (Lipinski definition) is 0. The van der Waals surface area contributed by atoms with E-state index >= 15 is 0 Å². The molecule has 4 nitrogen and oxygen atoms in total.